The smallest absolute Gasteiger partial charge is 0.274 e. The first kappa shape index (κ1) is 17.1. The van der Waals surface area contributed by atoms with Crippen molar-refractivity contribution in [1.82, 2.24) is 24.7 Å². The molecule has 132 valence electrons. The predicted molar refractivity (Wildman–Crippen MR) is 91.2 cm³/mol. The molecule has 1 amide bonds. The summed E-state index contributed by atoms with van der Waals surface area (Å²) in [5.41, 5.74) is 0.415. The van der Waals surface area contributed by atoms with Crippen molar-refractivity contribution in [3.8, 4) is 0 Å². The van der Waals surface area contributed by atoms with Crippen LogP contribution in [0.1, 0.15) is 10.5 Å². The van der Waals surface area contributed by atoms with Crippen molar-refractivity contribution in [2.24, 2.45) is 0 Å². The van der Waals surface area contributed by atoms with Gasteiger partial charge in [-0.15, -0.1) is 0 Å². The van der Waals surface area contributed by atoms with Crippen LogP contribution in [0.5, 0.6) is 0 Å². The van der Waals surface area contributed by atoms with Crippen LogP contribution in [-0.2, 0) is 4.74 Å². The molecule has 2 aliphatic rings. The van der Waals surface area contributed by atoms with Gasteiger partial charge in [0.05, 0.1) is 25.6 Å². The lowest BCUT2D eigenvalue weighted by Gasteiger charge is -2.32. The Morgan fingerprint density at radius 1 is 1.12 bits per heavy atom. The molecule has 1 aromatic heterocycles. The van der Waals surface area contributed by atoms with Crippen molar-refractivity contribution in [2.45, 2.75) is 0 Å². The van der Waals surface area contributed by atoms with E-state index in [9.17, 15) is 4.79 Å². The summed E-state index contributed by atoms with van der Waals surface area (Å²) >= 11 is 0. The number of hydrogen-bond donors (Lipinski definition) is 1. The molecular formula is C16H26N6O2. The Morgan fingerprint density at radius 2 is 1.88 bits per heavy atom. The zero-order valence-electron chi connectivity index (χ0n) is 14.3. The van der Waals surface area contributed by atoms with Gasteiger partial charge in [-0.2, -0.15) is 0 Å². The number of carbonyl (C=O) groups is 1. The average Bonchev–Trinajstić information content (AvgIpc) is 2.63. The number of hydrogen-bond acceptors (Lipinski definition) is 7. The highest BCUT2D eigenvalue weighted by atomic mass is 16.5. The number of aromatic nitrogens is 2. The van der Waals surface area contributed by atoms with Gasteiger partial charge < -0.3 is 19.9 Å². The van der Waals surface area contributed by atoms with E-state index in [1.165, 1.54) is 0 Å². The fourth-order valence-electron chi connectivity index (χ4n) is 2.87. The van der Waals surface area contributed by atoms with E-state index >= 15 is 0 Å². The molecule has 2 aliphatic heterocycles. The van der Waals surface area contributed by atoms with Crippen LogP contribution in [0.25, 0.3) is 0 Å². The molecule has 2 fully saturated rings. The number of likely N-dealkylation sites (N-methyl/N-ethyl adjacent to an activating group) is 1. The summed E-state index contributed by atoms with van der Waals surface area (Å²) < 4.78 is 5.33. The van der Waals surface area contributed by atoms with Gasteiger partial charge in [-0.05, 0) is 7.05 Å². The van der Waals surface area contributed by atoms with E-state index in [1.54, 1.807) is 12.4 Å². The Labute approximate surface area is 142 Å². The van der Waals surface area contributed by atoms with Crippen molar-refractivity contribution in [3.05, 3.63) is 18.1 Å². The molecule has 0 radical (unpaired) electrons. The normalized spacial score (nSPS) is 20.1. The van der Waals surface area contributed by atoms with Crippen LogP contribution in [0.15, 0.2) is 12.4 Å². The third kappa shape index (κ3) is 4.62. The molecule has 8 heteroatoms. The van der Waals surface area contributed by atoms with Gasteiger partial charge in [0.25, 0.3) is 5.91 Å². The van der Waals surface area contributed by atoms with Crippen molar-refractivity contribution in [2.75, 3.05) is 77.9 Å². The summed E-state index contributed by atoms with van der Waals surface area (Å²) in [5.74, 6) is 0.675. The van der Waals surface area contributed by atoms with Crippen LogP contribution in [0.4, 0.5) is 5.82 Å². The van der Waals surface area contributed by atoms with E-state index < -0.39 is 0 Å². The van der Waals surface area contributed by atoms with Crippen molar-refractivity contribution >= 4 is 11.7 Å². The van der Waals surface area contributed by atoms with Crippen molar-refractivity contribution in [1.29, 1.82) is 0 Å². The largest absolute Gasteiger partial charge is 0.379 e. The molecule has 0 aliphatic carbocycles. The average molecular weight is 334 g/mol. The van der Waals surface area contributed by atoms with Crippen LogP contribution in [-0.4, -0.2) is 103 Å². The molecule has 0 spiro atoms. The number of amides is 1. The summed E-state index contributed by atoms with van der Waals surface area (Å²) in [6, 6.07) is 0. The highest BCUT2D eigenvalue weighted by Gasteiger charge is 2.21. The minimum absolute atomic E-state index is 0.0320. The molecule has 0 bridgehead atoms. The first-order valence-electron chi connectivity index (χ1n) is 8.56. The number of carbonyl (C=O) groups excluding carboxylic acids is 1. The molecule has 2 saturated heterocycles. The SMILES string of the molecule is CN1CCN(C(=O)c2cnc(NCCN3CCOCC3)cn2)CC1. The second-order valence-corrected chi connectivity index (χ2v) is 6.26. The molecule has 0 aromatic carbocycles. The number of anilines is 1. The zero-order valence-corrected chi connectivity index (χ0v) is 14.3. The number of ether oxygens (including phenoxy) is 1. The van der Waals surface area contributed by atoms with Crippen LogP contribution in [0, 0.1) is 0 Å². The zero-order chi connectivity index (χ0) is 16.8. The fourth-order valence-corrected chi connectivity index (χ4v) is 2.87. The van der Waals surface area contributed by atoms with E-state index in [2.05, 4.69) is 32.1 Å². The summed E-state index contributed by atoms with van der Waals surface area (Å²) in [7, 11) is 2.07. The lowest BCUT2D eigenvalue weighted by Crippen LogP contribution is -2.47. The lowest BCUT2D eigenvalue weighted by molar-refractivity contribution is 0.0398. The topological polar surface area (TPSA) is 73.8 Å². The van der Waals surface area contributed by atoms with Gasteiger partial charge in [-0.25, -0.2) is 9.97 Å². The summed E-state index contributed by atoms with van der Waals surface area (Å²) in [5, 5.41) is 3.26. The molecule has 24 heavy (non-hydrogen) atoms. The first-order chi connectivity index (χ1) is 11.7. The van der Waals surface area contributed by atoms with Crippen molar-refractivity contribution in [3.63, 3.8) is 0 Å². The molecule has 1 N–H and O–H groups in total. The molecular weight excluding hydrogens is 308 g/mol. The summed E-state index contributed by atoms with van der Waals surface area (Å²) in [6.07, 6.45) is 3.21. The Kier molecular flexibility index (Phi) is 5.95. The maximum Gasteiger partial charge on any atom is 0.274 e. The summed E-state index contributed by atoms with van der Waals surface area (Å²) in [4.78, 5) is 27.4. The third-order valence-electron chi connectivity index (χ3n) is 4.50. The van der Waals surface area contributed by atoms with Gasteiger partial charge >= 0.3 is 0 Å². The third-order valence-corrected chi connectivity index (χ3v) is 4.50. The first-order valence-corrected chi connectivity index (χ1v) is 8.56. The molecule has 8 nitrogen and oxygen atoms in total. The fraction of sp³-hybridized carbons (Fsp3) is 0.688. The predicted octanol–water partition coefficient (Wildman–Crippen LogP) is -0.392. The van der Waals surface area contributed by atoms with E-state index in [-0.39, 0.29) is 5.91 Å². The summed E-state index contributed by atoms with van der Waals surface area (Å²) in [6.45, 7) is 8.63. The maximum absolute atomic E-state index is 12.4. The standard InChI is InChI=1S/C16H26N6O2/c1-20-4-6-22(7-5-20)16(23)14-12-19-15(13-18-14)17-2-3-21-8-10-24-11-9-21/h12-13H,2-11H2,1H3,(H,17,19). The molecule has 3 heterocycles. The van der Waals surface area contributed by atoms with E-state index in [0.29, 0.717) is 11.5 Å². The van der Waals surface area contributed by atoms with Crippen LogP contribution in [0.2, 0.25) is 0 Å². The Bertz CT molecular complexity index is 524. The second kappa shape index (κ2) is 8.36. The Balaban J connectivity index is 1.45. The minimum atomic E-state index is -0.0320. The number of morpholine rings is 1. The van der Waals surface area contributed by atoms with Gasteiger partial charge in [0.1, 0.15) is 11.5 Å². The Hall–Kier alpha value is -1.77. The van der Waals surface area contributed by atoms with Crippen molar-refractivity contribution < 1.29 is 9.53 Å². The minimum Gasteiger partial charge on any atom is -0.379 e. The Morgan fingerprint density at radius 3 is 2.54 bits per heavy atom. The number of rotatable bonds is 5. The second-order valence-electron chi connectivity index (χ2n) is 6.26. The highest BCUT2D eigenvalue weighted by molar-refractivity contribution is 5.92. The van der Waals surface area contributed by atoms with Crippen LogP contribution in [0.3, 0.4) is 0 Å². The highest BCUT2D eigenvalue weighted by Crippen LogP contribution is 2.07. The van der Waals surface area contributed by atoms with Gasteiger partial charge in [-0.1, -0.05) is 0 Å². The van der Waals surface area contributed by atoms with Gasteiger partial charge in [0.2, 0.25) is 0 Å². The van der Waals surface area contributed by atoms with Gasteiger partial charge in [0.15, 0.2) is 0 Å². The molecule has 0 saturated carbocycles. The van der Waals surface area contributed by atoms with Crippen LogP contribution >= 0.6 is 0 Å². The van der Waals surface area contributed by atoms with E-state index in [0.717, 1.165) is 65.6 Å². The molecule has 0 unspecified atom stereocenters. The number of nitrogens with one attached hydrogen (secondary N) is 1. The molecule has 1 aromatic rings. The van der Waals surface area contributed by atoms with Gasteiger partial charge in [0, 0.05) is 52.4 Å². The van der Waals surface area contributed by atoms with E-state index in [4.69, 9.17) is 4.74 Å². The molecule has 0 atom stereocenters. The number of nitrogens with zero attached hydrogens (tertiary/aromatic N) is 5. The quantitative estimate of drug-likeness (QED) is 0.786. The van der Waals surface area contributed by atoms with E-state index in [1.807, 2.05) is 4.90 Å². The van der Waals surface area contributed by atoms with Crippen LogP contribution < -0.4 is 5.32 Å². The monoisotopic (exact) mass is 334 g/mol. The molecule has 3 rings (SSSR count). The lowest BCUT2D eigenvalue weighted by atomic mass is 10.3. The van der Waals surface area contributed by atoms with Gasteiger partial charge in [-0.3, -0.25) is 9.69 Å². The maximum atomic E-state index is 12.4. The number of piperazine rings is 1.